The van der Waals surface area contributed by atoms with Crippen molar-refractivity contribution in [1.29, 1.82) is 0 Å². The predicted octanol–water partition coefficient (Wildman–Crippen LogP) is 1.23. The normalized spacial score (nSPS) is 15.2. The van der Waals surface area contributed by atoms with Gasteiger partial charge in [0.25, 0.3) is 0 Å². The molecule has 4 nitrogen and oxygen atoms in total. The molecule has 86 valence electrons. The van der Waals surface area contributed by atoms with Crippen molar-refractivity contribution in [2.24, 2.45) is 0 Å². The van der Waals surface area contributed by atoms with Crippen LogP contribution < -0.4 is 0 Å². The van der Waals surface area contributed by atoms with E-state index in [2.05, 4.69) is 11.9 Å². The highest BCUT2D eigenvalue weighted by atomic mass is 16.5. The molecule has 4 heteroatoms. The Kier molecular flexibility index (Phi) is 4.29. The molecule has 1 aromatic heterocycles. The Morgan fingerprint density at radius 2 is 2.33 bits per heavy atom. The van der Waals surface area contributed by atoms with Gasteiger partial charge in [0.05, 0.1) is 5.60 Å². The van der Waals surface area contributed by atoms with Gasteiger partial charge >= 0.3 is 0 Å². The summed E-state index contributed by atoms with van der Waals surface area (Å²) in [5.41, 5.74) is -0.742. The van der Waals surface area contributed by atoms with Crippen LogP contribution in [0.4, 0.5) is 0 Å². The third kappa shape index (κ3) is 3.64. The van der Waals surface area contributed by atoms with E-state index in [9.17, 15) is 5.11 Å². The average molecular weight is 212 g/mol. The summed E-state index contributed by atoms with van der Waals surface area (Å²) in [6, 6.07) is 0. The first-order valence-electron chi connectivity index (χ1n) is 5.30. The van der Waals surface area contributed by atoms with Gasteiger partial charge < -0.3 is 14.4 Å². The van der Waals surface area contributed by atoms with E-state index in [1.54, 1.807) is 13.3 Å². The fraction of sp³-hybridized carbons (Fsp3) is 0.727. The zero-order valence-electron chi connectivity index (χ0n) is 9.73. The molecule has 0 aliphatic carbocycles. The summed E-state index contributed by atoms with van der Waals surface area (Å²) in [5.74, 6) is 0.929. The number of hydrogen-bond donors (Lipinski definition) is 1. The van der Waals surface area contributed by atoms with E-state index in [-0.39, 0.29) is 0 Å². The SMILES string of the molecule is CCn1ccnc1CC(C)(O)CCOC. The van der Waals surface area contributed by atoms with Gasteiger partial charge in [-0.2, -0.15) is 0 Å². The molecule has 0 bridgehead atoms. The molecule has 15 heavy (non-hydrogen) atoms. The fourth-order valence-electron chi connectivity index (χ4n) is 1.55. The van der Waals surface area contributed by atoms with Gasteiger partial charge in [0, 0.05) is 39.1 Å². The molecular formula is C11H20N2O2. The summed E-state index contributed by atoms with van der Waals surface area (Å²) in [4.78, 5) is 4.24. The molecule has 0 saturated heterocycles. The lowest BCUT2D eigenvalue weighted by Crippen LogP contribution is -2.30. The third-order valence-electron chi connectivity index (χ3n) is 2.53. The van der Waals surface area contributed by atoms with Gasteiger partial charge in [-0.1, -0.05) is 0 Å². The molecule has 1 atom stereocenters. The van der Waals surface area contributed by atoms with Gasteiger partial charge in [0.1, 0.15) is 5.82 Å². The topological polar surface area (TPSA) is 47.3 Å². The number of methoxy groups -OCH3 is 1. The fourth-order valence-corrected chi connectivity index (χ4v) is 1.55. The first-order chi connectivity index (χ1) is 7.09. The Balaban J connectivity index is 2.59. The van der Waals surface area contributed by atoms with Crippen LogP contribution in [0.15, 0.2) is 12.4 Å². The molecule has 0 radical (unpaired) electrons. The quantitative estimate of drug-likeness (QED) is 0.771. The molecule has 0 fully saturated rings. The Bertz CT molecular complexity index is 295. The van der Waals surface area contributed by atoms with Crippen molar-refractivity contribution in [3.8, 4) is 0 Å². The van der Waals surface area contributed by atoms with E-state index < -0.39 is 5.60 Å². The van der Waals surface area contributed by atoms with Crippen LogP contribution in [-0.2, 0) is 17.7 Å². The van der Waals surface area contributed by atoms with E-state index in [4.69, 9.17) is 4.74 Å². The number of imidazole rings is 1. The minimum atomic E-state index is -0.742. The first kappa shape index (κ1) is 12.2. The van der Waals surface area contributed by atoms with Crippen LogP contribution in [0, 0.1) is 0 Å². The summed E-state index contributed by atoms with van der Waals surface area (Å²) in [6.07, 6.45) is 4.89. The molecule has 1 heterocycles. The Hall–Kier alpha value is -0.870. The van der Waals surface area contributed by atoms with Crippen molar-refractivity contribution in [3.05, 3.63) is 18.2 Å². The van der Waals surface area contributed by atoms with Gasteiger partial charge in [-0.05, 0) is 20.3 Å². The van der Waals surface area contributed by atoms with E-state index in [0.29, 0.717) is 19.4 Å². The van der Waals surface area contributed by atoms with Crippen molar-refractivity contribution in [3.63, 3.8) is 0 Å². The molecule has 1 aromatic rings. The molecule has 1 rings (SSSR count). The molecular weight excluding hydrogens is 192 g/mol. The van der Waals surface area contributed by atoms with Crippen LogP contribution in [0.5, 0.6) is 0 Å². The molecule has 0 aliphatic heterocycles. The smallest absolute Gasteiger partial charge is 0.111 e. The van der Waals surface area contributed by atoms with Crippen molar-refractivity contribution in [2.75, 3.05) is 13.7 Å². The zero-order valence-corrected chi connectivity index (χ0v) is 9.73. The second kappa shape index (κ2) is 5.28. The van der Waals surface area contributed by atoms with Crippen LogP contribution >= 0.6 is 0 Å². The maximum absolute atomic E-state index is 10.1. The lowest BCUT2D eigenvalue weighted by atomic mass is 9.98. The number of aryl methyl sites for hydroxylation is 1. The molecule has 0 saturated carbocycles. The Labute approximate surface area is 90.9 Å². The molecule has 1 N–H and O–H groups in total. The number of nitrogens with zero attached hydrogens (tertiary/aromatic N) is 2. The highest BCUT2D eigenvalue weighted by molar-refractivity contribution is 4.97. The average Bonchev–Trinajstić information content (AvgIpc) is 2.61. The largest absolute Gasteiger partial charge is 0.390 e. The van der Waals surface area contributed by atoms with Crippen molar-refractivity contribution in [1.82, 2.24) is 9.55 Å². The number of aliphatic hydroxyl groups is 1. The molecule has 0 spiro atoms. The molecule has 1 unspecified atom stereocenters. The standard InChI is InChI=1S/C11H20N2O2/c1-4-13-7-6-12-10(13)9-11(2,14)5-8-15-3/h6-7,14H,4-5,8-9H2,1-3H3. The summed E-state index contributed by atoms with van der Waals surface area (Å²) < 4.78 is 7.01. The summed E-state index contributed by atoms with van der Waals surface area (Å²) in [5, 5.41) is 10.1. The second-order valence-electron chi connectivity index (χ2n) is 4.05. The van der Waals surface area contributed by atoms with E-state index in [1.165, 1.54) is 0 Å². The molecule has 0 amide bonds. The van der Waals surface area contributed by atoms with E-state index in [1.807, 2.05) is 17.7 Å². The van der Waals surface area contributed by atoms with Crippen molar-refractivity contribution >= 4 is 0 Å². The van der Waals surface area contributed by atoms with Gasteiger partial charge in [0.15, 0.2) is 0 Å². The second-order valence-corrected chi connectivity index (χ2v) is 4.05. The predicted molar refractivity (Wildman–Crippen MR) is 58.7 cm³/mol. The monoisotopic (exact) mass is 212 g/mol. The van der Waals surface area contributed by atoms with E-state index in [0.717, 1.165) is 12.4 Å². The maximum atomic E-state index is 10.1. The zero-order chi connectivity index (χ0) is 11.3. The number of hydrogen-bond acceptors (Lipinski definition) is 3. The Morgan fingerprint density at radius 1 is 1.60 bits per heavy atom. The molecule has 0 aromatic carbocycles. The summed E-state index contributed by atoms with van der Waals surface area (Å²) in [7, 11) is 1.64. The van der Waals surface area contributed by atoms with Crippen molar-refractivity contribution < 1.29 is 9.84 Å². The van der Waals surface area contributed by atoms with Crippen LogP contribution in [0.25, 0.3) is 0 Å². The number of ether oxygens (including phenoxy) is 1. The summed E-state index contributed by atoms with van der Waals surface area (Å²) in [6.45, 7) is 5.34. The minimum absolute atomic E-state index is 0.567. The van der Waals surface area contributed by atoms with Crippen LogP contribution in [0.2, 0.25) is 0 Å². The van der Waals surface area contributed by atoms with Crippen LogP contribution in [-0.4, -0.2) is 34.0 Å². The maximum Gasteiger partial charge on any atom is 0.111 e. The number of aromatic nitrogens is 2. The highest BCUT2D eigenvalue weighted by Crippen LogP contribution is 2.15. The minimum Gasteiger partial charge on any atom is -0.390 e. The van der Waals surface area contributed by atoms with Gasteiger partial charge in [-0.15, -0.1) is 0 Å². The lowest BCUT2D eigenvalue weighted by molar-refractivity contribution is 0.0227. The van der Waals surface area contributed by atoms with Crippen LogP contribution in [0.1, 0.15) is 26.1 Å². The summed E-state index contributed by atoms with van der Waals surface area (Å²) >= 11 is 0. The molecule has 0 aliphatic rings. The van der Waals surface area contributed by atoms with Gasteiger partial charge in [0.2, 0.25) is 0 Å². The van der Waals surface area contributed by atoms with Crippen molar-refractivity contribution in [2.45, 2.75) is 38.8 Å². The third-order valence-corrected chi connectivity index (χ3v) is 2.53. The lowest BCUT2D eigenvalue weighted by Gasteiger charge is -2.22. The van der Waals surface area contributed by atoms with Crippen LogP contribution in [0.3, 0.4) is 0 Å². The Morgan fingerprint density at radius 3 is 2.93 bits per heavy atom. The van der Waals surface area contributed by atoms with Gasteiger partial charge in [-0.25, -0.2) is 4.98 Å². The van der Waals surface area contributed by atoms with Gasteiger partial charge in [-0.3, -0.25) is 0 Å². The first-order valence-corrected chi connectivity index (χ1v) is 5.30. The van der Waals surface area contributed by atoms with E-state index >= 15 is 0 Å². The highest BCUT2D eigenvalue weighted by Gasteiger charge is 2.22. The number of rotatable bonds is 6.